The van der Waals surface area contributed by atoms with Gasteiger partial charge in [-0.3, -0.25) is 4.90 Å². The van der Waals surface area contributed by atoms with Gasteiger partial charge in [-0.25, -0.2) is 0 Å². The van der Waals surface area contributed by atoms with Gasteiger partial charge in [0, 0.05) is 30.6 Å². The zero-order valence-corrected chi connectivity index (χ0v) is 17.4. The highest BCUT2D eigenvalue weighted by atomic mass is 35.5. The maximum atomic E-state index is 6.28. The van der Waals surface area contributed by atoms with Crippen LogP contribution in [0.3, 0.4) is 0 Å². The van der Waals surface area contributed by atoms with Crippen molar-refractivity contribution in [3.8, 4) is 0 Å². The Hall–Kier alpha value is -2.18. The average Bonchev–Trinajstić information content (AvgIpc) is 3.12. The summed E-state index contributed by atoms with van der Waals surface area (Å²) < 4.78 is 11.1. The number of ether oxygens (including phenoxy) is 1. The molecule has 1 aromatic heterocycles. The van der Waals surface area contributed by atoms with E-state index in [9.17, 15) is 0 Å². The largest absolute Gasteiger partial charge is 0.377 e. The topological polar surface area (TPSA) is 50.5 Å². The number of rotatable bonds is 9. The molecule has 4 rings (SSSR count). The molecule has 1 aliphatic rings. The molecule has 1 saturated heterocycles. The lowest BCUT2D eigenvalue weighted by Crippen LogP contribution is -2.61. The Morgan fingerprint density at radius 1 is 1.07 bits per heavy atom. The van der Waals surface area contributed by atoms with Gasteiger partial charge in [-0.15, -0.1) is 0 Å². The fourth-order valence-corrected chi connectivity index (χ4v) is 3.82. The number of hydrogen-bond donors (Lipinski definition) is 1. The van der Waals surface area contributed by atoms with E-state index in [0.717, 1.165) is 41.6 Å². The van der Waals surface area contributed by atoms with Gasteiger partial charge in [-0.1, -0.05) is 65.3 Å². The van der Waals surface area contributed by atoms with E-state index in [1.54, 1.807) is 0 Å². The summed E-state index contributed by atoms with van der Waals surface area (Å²) in [5.74, 6) is 0.875. The molecule has 1 aliphatic heterocycles. The maximum absolute atomic E-state index is 6.28. The van der Waals surface area contributed by atoms with E-state index in [2.05, 4.69) is 52.8 Å². The normalized spacial score (nSPS) is 15.4. The molecule has 0 saturated carbocycles. The number of aromatic nitrogens is 1. The smallest absolute Gasteiger partial charge is 0.150 e. The third kappa shape index (κ3) is 5.25. The number of nitrogens with zero attached hydrogens (tertiary/aromatic N) is 2. The molecule has 29 heavy (non-hydrogen) atoms. The number of nitrogens with one attached hydrogen (secondary N) is 1. The van der Waals surface area contributed by atoms with E-state index < -0.39 is 0 Å². The molecule has 5 nitrogen and oxygen atoms in total. The second-order valence-electron chi connectivity index (χ2n) is 7.84. The highest BCUT2D eigenvalue weighted by molar-refractivity contribution is 6.31. The molecule has 1 N–H and O–H groups in total. The zero-order chi connectivity index (χ0) is 20.1. The van der Waals surface area contributed by atoms with Crippen molar-refractivity contribution in [1.82, 2.24) is 15.4 Å². The van der Waals surface area contributed by atoms with E-state index in [0.29, 0.717) is 19.8 Å². The Bertz CT molecular complexity index is 925. The third-order valence-electron chi connectivity index (χ3n) is 5.22. The summed E-state index contributed by atoms with van der Waals surface area (Å²) in [4.78, 5) is 2.22. The summed E-state index contributed by atoms with van der Waals surface area (Å²) in [5.41, 5.74) is 3.19. The SMILES string of the molecule is CN(Cc1ccccc1)Cc1cc(CC2(NCc3ccccc3Cl)COC2)no1. The lowest BCUT2D eigenvalue weighted by molar-refractivity contribution is -0.0755. The summed E-state index contributed by atoms with van der Waals surface area (Å²) in [6.07, 6.45) is 0.767. The summed E-state index contributed by atoms with van der Waals surface area (Å²) in [5, 5.41) is 8.69. The van der Waals surface area contributed by atoms with Crippen molar-refractivity contribution in [1.29, 1.82) is 0 Å². The van der Waals surface area contributed by atoms with Gasteiger partial charge in [0.2, 0.25) is 0 Å². The quantitative estimate of drug-likeness (QED) is 0.575. The number of benzene rings is 2. The monoisotopic (exact) mass is 411 g/mol. The predicted octanol–water partition coefficient (Wildman–Crippen LogP) is 4.06. The van der Waals surface area contributed by atoms with Gasteiger partial charge in [0.15, 0.2) is 5.76 Å². The molecule has 152 valence electrons. The molecule has 2 aromatic carbocycles. The molecule has 1 fully saturated rings. The second kappa shape index (κ2) is 9.09. The van der Waals surface area contributed by atoms with Crippen LogP contribution in [0.1, 0.15) is 22.6 Å². The van der Waals surface area contributed by atoms with E-state index >= 15 is 0 Å². The van der Waals surface area contributed by atoms with Gasteiger partial charge < -0.3 is 14.6 Å². The van der Waals surface area contributed by atoms with Gasteiger partial charge >= 0.3 is 0 Å². The summed E-state index contributed by atoms with van der Waals surface area (Å²) in [6, 6.07) is 20.4. The van der Waals surface area contributed by atoms with Crippen molar-refractivity contribution >= 4 is 11.6 Å². The molecular formula is C23H26ClN3O2. The summed E-state index contributed by atoms with van der Waals surface area (Å²) in [7, 11) is 2.08. The minimum atomic E-state index is -0.122. The van der Waals surface area contributed by atoms with Crippen molar-refractivity contribution < 1.29 is 9.26 Å². The van der Waals surface area contributed by atoms with Crippen molar-refractivity contribution in [3.63, 3.8) is 0 Å². The lowest BCUT2D eigenvalue weighted by atomic mass is 9.91. The fourth-order valence-electron chi connectivity index (χ4n) is 3.62. The van der Waals surface area contributed by atoms with Crippen LogP contribution in [0.15, 0.2) is 65.2 Å². The van der Waals surface area contributed by atoms with Gasteiger partial charge in [-0.2, -0.15) is 0 Å². The number of halogens is 1. The molecule has 0 spiro atoms. The van der Waals surface area contributed by atoms with Crippen molar-refractivity contribution in [3.05, 3.63) is 88.3 Å². The van der Waals surface area contributed by atoms with Crippen LogP contribution >= 0.6 is 11.6 Å². The van der Waals surface area contributed by atoms with Crippen LogP contribution in [0.25, 0.3) is 0 Å². The Balaban J connectivity index is 1.33. The molecule has 0 atom stereocenters. The minimum Gasteiger partial charge on any atom is -0.377 e. The fraction of sp³-hybridized carbons (Fsp3) is 0.348. The second-order valence-corrected chi connectivity index (χ2v) is 8.24. The standard InChI is InChI=1S/C23H26ClN3O2/c1-27(14-18-7-3-2-4-8-18)15-21-11-20(26-29-21)12-23(16-28-17-23)25-13-19-9-5-6-10-22(19)24/h2-11,25H,12-17H2,1H3. The molecule has 6 heteroatoms. The highest BCUT2D eigenvalue weighted by Crippen LogP contribution is 2.24. The Morgan fingerprint density at radius 2 is 1.83 bits per heavy atom. The van der Waals surface area contributed by atoms with E-state index in [1.165, 1.54) is 5.56 Å². The minimum absolute atomic E-state index is 0.122. The first-order valence-electron chi connectivity index (χ1n) is 9.85. The van der Waals surface area contributed by atoms with Crippen molar-refractivity contribution in [2.75, 3.05) is 20.3 Å². The molecule has 2 heterocycles. The number of hydrogen-bond acceptors (Lipinski definition) is 5. The zero-order valence-electron chi connectivity index (χ0n) is 16.6. The van der Waals surface area contributed by atoms with E-state index in [4.69, 9.17) is 20.9 Å². The average molecular weight is 412 g/mol. The van der Waals surface area contributed by atoms with E-state index in [1.807, 2.05) is 30.3 Å². The van der Waals surface area contributed by atoms with E-state index in [-0.39, 0.29) is 5.54 Å². The van der Waals surface area contributed by atoms with Gasteiger partial charge in [0.25, 0.3) is 0 Å². The van der Waals surface area contributed by atoms with Crippen molar-refractivity contribution in [2.24, 2.45) is 0 Å². The Kier molecular flexibility index (Phi) is 6.31. The van der Waals surface area contributed by atoms with Crippen LogP contribution in [0.5, 0.6) is 0 Å². The predicted molar refractivity (Wildman–Crippen MR) is 114 cm³/mol. The van der Waals surface area contributed by atoms with Gasteiger partial charge in [-0.05, 0) is 24.2 Å². The summed E-state index contributed by atoms with van der Waals surface area (Å²) >= 11 is 6.28. The van der Waals surface area contributed by atoms with Gasteiger partial charge in [0.05, 0.1) is 31.0 Å². The molecule has 0 bridgehead atoms. The molecule has 3 aromatic rings. The molecule has 0 amide bonds. The molecule has 0 aliphatic carbocycles. The molecule has 0 unspecified atom stereocenters. The Morgan fingerprint density at radius 3 is 2.55 bits per heavy atom. The molecular weight excluding hydrogens is 386 g/mol. The first kappa shape index (κ1) is 20.1. The van der Waals surface area contributed by atoms with Crippen LogP contribution in [0, 0.1) is 0 Å². The first-order valence-corrected chi connectivity index (χ1v) is 10.2. The van der Waals surface area contributed by atoms with Crippen LogP contribution in [-0.4, -0.2) is 35.9 Å². The Labute approximate surface area is 176 Å². The van der Waals surface area contributed by atoms with Crippen LogP contribution in [0.4, 0.5) is 0 Å². The third-order valence-corrected chi connectivity index (χ3v) is 5.59. The first-order chi connectivity index (χ1) is 14.1. The highest BCUT2D eigenvalue weighted by Gasteiger charge is 2.39. The van der Waals surface area contributed by atoms with Crippen LogP contribution < -0.4 is 5.32 Å². The van der Waals surface area contributed by atoms with Gasteiger partial charge in [0.1, 0.15) is 0 Å². The lowest BCUT2D eigenvalue weighted by Gasteiger charge is -2.42. The van der Waals surface area contributed by atoms with Crippen molar-refractivity contribution in [2.45, 2.75) is 31.6 Å². The van der Waals surface area contributed by atoms with Crippen LogP contribution in [0.2, 0.25) is 5.02 Å². The van der Waals surface area contributed by atoms with Crippen LogP contribution in [-0.2, 0) is 30.8 Å². The maximum Gasteiger partial charge on any atom is 0.150 e. The molecule has 0 radical (unpaired) electrons. The summed E-state index contributed by atoms with van der Waals surface area (Å²) in [6.45, 7) is 3.61.